The molecule has 39 heavy (non-hydrogen) atoms. The van der Waals surface area contributed by atoms with Crippen LogP contribution in [0.1, 0.15) is 50.5 Å². The number of aliphatic imine (C=N–C) groups is 1. The molecule has 12 heteroatoms. The number of quaternary nitrogens is 1. The van der Waals surface area contributed by atoms with E-state index in [4.69, 9.17) is 9.47 Å². The van der Waals surface area contributed by atoms with Crippen molar-refractivity contribution in [3.63, 3.8) is 0 Å². The number of carbonyl (C=O) groups excluding carboxylic acids is 2. The average Bonchev–Trinajstić information content (AvgIpc) is 3.22. The number of hydrogen-bond donors (Lipinski definition) is 1. The van der Waals surface area contributed by atoms with Crippen LogP contribution in [0.5, 0.6) is 11.5 Å². The molecule has 0 aliphatic carbocycles. The van der Waals surface area contributed by atoms with Gasteiger partial charge in [-0.05, 0) is 65.1 Å². The van der Waals surface area contributed by atoms with Gasteiger partial charge in [-0.25, -0.2) is 23.3 Å². The first-order chi connectivity index (χ1) is 18.4. The lowest BCUT2D eigenvalue weighted by molar-refractivity contribution is -0.765. The van der Waals surface area contributed by atoms with E-state index in [2.05, 4.69) is 9.71 Å². The van der Waals surface area contributed by atoms with E-state index in [-0.39, 0.29) is 45.7 Å². The molecule has 0 saturated carbocycles. The minimum Gasteiger partial charge on any atom is -0.453 e. The summed E-state index contributed by atoms with van der Waals surface area (Å²) in [4.78, 5) is 32.6. The SMILES string of the molecule is CCN(C)SNc1ccc(F)c(Oc2ccc3c(c2)C(=O)[N+]2(C=N3)CN(C(=O)OC(C)(C)C)CC2C)c1C#N. The molecule has 2 unspecified atom stereocenters. The second-order valence-corrected chi connectivity index (χ2v) is 11.5. The van der Waals surface area contributed by atoms with E-state index >= 15 is 0 Å². The summed E-state index contributed by atoms with van der Waals surface area (Å²) in [6.07, 6.45) is 1.07. The molecule has 2 aromatic carbocycles. The number of rotatable bonds is 6. The second-order valence-electron chi connectivity index (χ2n) is 10.5. The van der Waals surface area contributed by atoms with E-state index in [9.17, 15) is 19.2 Å². The molecule has 1 N–H and O–H groups in total. The number of nitrogens with one attached hydrogen (secondary N) is 1. The van der Waals surface area contributed by atoms with Gasteiger partial charge in [-0.15, -0.1) is 0 Å². The molecule has 1 fully saturated rings. The van der Waals surface area contributed by atoms with Crippen LogP contribution in [0.3, 0.4) is 0 Å². The van der Waals surface area contributed by atoms with Gasteiger partial charge in [0.25, 0.3) is 0 Å². The van der Waals surface area contributed by atoms with Crippen molar-refractivity contribution in [3.8, 4) is 17.6 Å². The van der Waals surface area contributed by atoms with Gasteiger partial charge in [0.1, 0.15) is 34.6 Å². The van der Waals surface area contributed by atoms with E-state index in [0.29, 0.717) is 17.9 Å². The first kappa shape index (κ1) is 28.4. The number of halogens is 1. The average molecular weight is 556 g/mol. The van der Waals surface area contributed by atoms with Gasteiger partial charge in [0, 0.05) is 18.7 Å². The van der Waals surface area contributed by atoms with Crippen molar-refractivity contribution >= 4 is 41.8 Å². The molecular formula is C27H32FN6O4S+. The molecule has 2 aliphatic heterocycles. The smallest absolute Gasteiger partial charge is 0.414 e. The standard InChI is InChI=1S/C27H32FN6O4S/c1-7-32(6)39-31-23-11-9-21(28)24(20(23)13-29)37-18-8-10-22-19(12-18)25(35)34(15-30-22)16-33(14-17(34)2)26(36)38-27(3,4)5/h8-12,15,17,31H,7,14,16H2,1-6H3/q+1. The molecule has 2 aliphatic rings. The number of ether oxygens (including phenoxy) is 2. The Hall–Kier alpha value is -3.66. The Morgan fingerprint density at radius 1 is 1.36 bits per heavy atom. The van der Waals surface area contributed by atoms with Crippen molar-refractivity contribution in [2.75, 3.05) is 31.5 Å². The van der Waals surface area contributed by atoms with Gasteiger partial charge in [0.15, 0.2) is 24.6 Å². The molecule has 0 bridgehead atoms. The van der Waals surface area contributed by atoms with Crippen LogP contribution < -0.4 is 9.46 Å². The highest BCUT2D eigenvalue weighted by molar-refractivity contribution is 7.98. The number of nitriles is 1. The zero-order valence-electron chi connectivity index (χ0n) is 22.8. The molecule has 1 spiro atoms. The summed E-state index contributed by atoms with van der Waals surface area (Å²) in [6.45, 7) is 10.4. The highest BCUT2D eigenvalue weighted by Crippen LogP contribution is 2.39. The molecular weight excluding hydrogens is 523 g/mol. The number of hydrogen-bond acceptors (Lipinski definition) is 9. The molecule has 1 saturated heterocycles. The predicted octanol–water partition coefficient (Wildman–Crippen LogP) is 5.64. The van der Waals surface area contributed by atoms with Crippen LogP contribution in [-0.2, 0) is 4.74 Å². The first-order valence-electron chi connectivity index (χ1n) is 12.5. The molecule has 10 nitrogen and oxygen atoms in total. The zero-order valence-corrected chi connectivity index (χ0v) is 23.6. The van der Waals surface area contributed by atoms with Gasteiger partial charge in [-0.2, -0.15) is 9.74 Å². The summed E-state index contributed by atoms with van der Waals surface area (Å²) in [5, 5.41) is 9.79. The summed E-state index contributed by atoms with van der Waals surface area (Å²) < 4.78 is 31.0. The van der Waals surface area contributed by atoms with Crippen molar-refractivity contribution in [3.05, 3.63) is 47.3 Å². The molecule has 2 amide bonds. The minimum absolute atomic E-state index is 0.00117. The van der Waals surface area contributed by atoms with Crippen LogP contribution in [0.4, 0.5) is 20.6 Å². The van der Waals surface area contributed by atoms with Crippen molar-refractivity contribution in [2.24, 2.45) is 4.99 Å². The Morgan fingerprint density at radius 2 is 2.10 bits per heavy atom. The van der Waals surface area contributed by atoms with Gasteiger partial charge in [-0.3, -0.25) is 4.90 Å². The predicted molar refractivity (Wildman–Crippen MR) is 147 cm³/mol. The van der Waals surface area contributed by atoms with E-state index < -0.39 is 17.5 Å². The Balaban J connectivity index is 1.61. The van der Waals surface area contributed by atoms with Crippen molar-refractivity contribution < 1.29 is 27.9 Å². The fourth-order valence-electron chi connectivity index (χ4n) is 4.28. The van der Waals surface area contributed by atoms with E-state index in [1.165, 1.54) is 35.2 Å². The third-order valence-electron chi connectivity index (χ3n) is 6.51. The summed E-state index contributed by atoms with van der Waals surface area (Å²) in [5.41, 5.74) is 0.450. The van der Waals surface area contributed by atoms with Crippen LogP contribution in [0.2, 0.25) is 0 Å². The number of nitrogens with zero attached hydrogens (tertiary/aromatic N) is 5. The number of benzene rings is 2. The molecule has 2 atom stereocenters. The van der Waals surface area contributed by atoms with E-state index in [1.807, 2.05) is 31.3 Å². The molecule has 0 radical (unpaired) electrons. The Bertz CT molecular complexity index is 1370. The molecule has 2 heterocycles. The van der Waals surface area contributed by atoms with Crippen LogP contribution >= 0.6 is 12.1 Å². The minimum atomic E-state index is -0.710. The summed E-state index contributed by atoms with van der Waals surface area (Å²) in [6, 6.07) is 9.11. The van der Waals surface area contributed by atoms with Gasteiger partial charge in [-0.1, -0.05) is 6.92 Å². The van der Waals surface area contributed by atoms with Gasteiger partial charge in [0.05, 0.1) is 17.9 Å². The fourth-order valence-corrected chi connectivity index (χ4v) is 4.84. The maximum Gasteiger partial charge on any atom is 0.414 e. The number of carbonyl (C=O) groups is 2. The summed E-state index contributed by atoms with van der Waals surface area (Å²) in [5.74, 6) is -1.04. The zero-order chi connectivity index (χ0) is 28.5. The maximum absolute atomic E-state index is 14.8. The Labute approximate surface area is 231 Å². The van der Waals surface area contributed by atoms with Crippen LogP contribution in [0.15, 0.2) is 35.3 Å². The summed E-state index contributed by atoms with van der Waals surface area (Å²) >= 11 is 1.27. The third kappa shape index (κ3) is 5.71. The number of fused-ring (bicyclic) bond motifs is 1. The van der Waals surface area contributed by atoms with Crippen molar-refractivity contribution in [2.45, 2.75) is 46.3 Å². The Morgan fingerprint density at radius 3 is 2.77 bits per heavy atom. The molecule has 4 rings (SSSR count). The van der Waals surface area contributed by atoms with Gasteiger partial charge >= 0.3 is 12.0 Å². The topological polar surface area (TPSA) is 107 Å². The highest BCUT2D eigenvalue weighted by atomic mass is 32.2. The molecule has 0 aromatic heterocycles. The first-order valence-corrected chi connectivity index (χ1v) is 13.3. The lowest BCUT2D eigenvalue weighted by atomic mass is 10.1. The lowest BCUT2D eigenvalue weighted by Gasteiger charge is -2.32. The number of anilines is 1. The monoisotopic (exact) mass is 555 g/mol. The third-order valence-corrected chi connectivity index (χ3v) is 7.39. The van der Waals surface area contributed by atoms with Gasteiger partial charge in [0.2, 0.25) is 0 Å². The maximum atomic E-state index is 14.8. The quantitative estimate of drug-likeness (QED) is 0.360. The normalized spacial score (nSPS) is 20.2. The van der Waals surface area contributed by atoms with Crippen LogP contribution in [0.25, 0.3) is 0 Å². The van der Waals surface area contributed by atoms with Crippen molar-refractivity contribution in [1.82, 2.24) is 9.21 Å². The summed E-state index contributed by atoms with van der Waals surface area (Å²) in [7, 11) is 1.88. The van der Waals surface area contributed by atoms with Crippen LogP contribution in [-0.4, -0.2) is 70.5 Å². The second kappa shape index (κ2) is 10.8. The van der Waals surface area contributed by atoms with Gasteiger partial charge < -0.3 is 14.2 Å². The largest absolute Gasteiger partial charge is 0.453 e. The number of amides is 2. The molecule has 2 aromatic rings. The highest BCUT2D eigenvalue weighted by Gasteiger charge is 2.53. The van der Waals surface area contributed by atoms with E-state index in [0.717, 1.165) is 6.54 Å². The lowest BCUT2D eigenvalue weighted by Crippen LogP contribution is -2.56. The Kier molecular flexibility index (Phi) is 7.88. The fraction of sp³-hybridized carbons (Fsp3) is 0.407. The van der Waals surface area contributed by atoms with Crippen molar-refractivity contribution in [1.29, 1.82) is 5.26 Å². The van der Waals surface area contributed by atoms with E-state index in [1.54, 1.807) is 39.2 Å². The van der Waals surface area contributed by atoms with Crippen LogP contribution in [0, 0.1) is 17.1 Å². The molecule has 206 valence electrons.